The number of nitrogens with zero attached hydrogens (tertiary/aromatic N) is 2. The van der Waals surface area contributed by atoms with Crippen molar-refractivity contribution in [1.82, 2.24) is 14.8 Å². The molecular weight excluding hydrogens is 495 g/mol. The fraction of sp³-hybridized carbons (Fsp3) is 0.414. The van der Waals surface area contributed by atoms with Crippen LogP contribution in [0, 0.1) is 5.92 Å². The van der Waals surface area contributed by atoms with E-state index in [-0.39, 0.29) is 5.91 Å². The number of methoxy groups -OCH3 is 2. The first-order valence-electron chi connectivity index (χ1n) is 12.8. The summed E-state index contributed by atoms with van der Waals surface area (Å²) in [7, 11) is 3.21. The fourth-order valence-electron chi connectivity index (χ4n) is 4.84. The van der Waals surface area contributed by atoms with Gasteiger partial charge in [-0.05, 0) is 91.9 Å². The third-order valence-corrected chi connectivity index (χ3v) is 7.02. The summed E-state index contributed by atoms with van der Waals surface area (Å²) in [5.74, 6) is 1.81. The zero-order valence-corrected chi connectivity index (χ0v) is 21.8. The summed E-state index contributed by atoms with van der Waals surface area (Å²) in [6.07, 6.45) is 2.67. The number of piperidine rings is 1. The van der Waals surface area contributed by atoms with Gasteiger partial charge in [0.1, 0.15) is 0 Å². The predicted molar refractivity (Wildman–Crippen MR) is 140 cm³/mol. The first kappa shape index (κ1) is 27.6. The van der Waals surface area contributed by atoms with E-state index in [9.17, 15) is 18.0 Å². The molecule has 2 heterocycles. The predicted octanol–water partition coefficient (Wildman–Crippen LogP) is 5.47. The van der Waals surface area contributed by atoms with Gasteiger partial charge in [0.25, 0.3) is 0 Å². The molecule has 6 nitrogen and oxygen atoms in total. The molecule has 1 aliphatic rings. The average Bonchev–Trinajstić information content (AvgIpc) is 3.37. The molecule has 0 aliphatic carbocycles. The van der Waals surface area contributed by atoms with Crippen LogP contribution in [0.15, 0.2) is 60.9 Å². The minimum Gasteiger partial charge on any atom is -0.493 e. The number of carbonyl (C=O) groups excluding carboxylic acids is 1. The summed E-state index contributed by atoms with van der Waals surface area (Å²) in [5, 5.41) is 3.04. The molecule has 9 heteroatoms. The number of ether oxygens (including phenoxy) is 2. The zero-order chi connectivity index (χ0) is 27.1. The van der Waals surface area contributed by atoms with Crippen molar-refractivity contribution >= 4 is 5.91 Å². The first-order chi connectivity index (χ1) is 18.2. The quantitative estimate of drug-likeness (QED) is 0.378. The number of amides is 1. The van der Waals surface area contributed by atoms with Crippen LogP contribution in [0.25, 0.3) is 5.69 Å². The van der Waals surface area contributed by atoms with Crippen LogP contribution < -0.4 is 14.8 Å². The lowest BCUT2D eigenvalue weighted by Gasteiger charge is -2.31. The van der Waals surface area contributed by atoms with Crippen LogP contribution in [0.5, 0.6) is 11.5 Å². The molecule has 1 aromatic heterocycles. The van der Waals surface area contributed by atoms with Gasteiger partial charge in [-0.15, -0.1) is 0 Å². The Morgan fingerprint density at radius 2 is 1.68 bits per heavy atom. The molecule has 1 fully saturated rings. The highest BCUT2D eigenvalue weighted by atomic mass is 19.4. The van der Waals surface area contributed by atoms with Gasteiger partial charge in [0.2, 0.25) is 5.91 Å². The lowest BCUT2D eigenvalue weighted by molar-refractivity contribution is -0.137. The fourth-order valence-corrected chi connectivity index (χ4v) is 4.84. The second-order valence-electron chi connectivity index (χ2n) is 9.68. The smallest absolute Gasteiger partial charge is 0.416 e. The van der Waals surface area contributed by atoms with Crippen LogP contribution in [0.1, 0.15) is 36.0 Å². The monoisotopic (exact) mass is 529 g/mol. The van der Waals surface area contributed by atoms with E-state index in [2.05, 4.69) is 10.2 Å². The van der Waals surface area contributed by atoms with E-state index in [0.29, 0.717) is 36.1 Å². The van der Waals surface area contributed by atoms with Gasteiger partial charge in [-0.2, -0.15) is 13.2 Å². The maximum absolute atomic E-state index is 12.8. The van der Waals surface area contributed by atoms with Crippen molar-refractivity contribution in [2.45, 2.75) is 38.4 Å². The largest absolute Gasteiger partial charge is 0.493 e. The van der Waals surface area contributed by atoms with E-state index >= 15 is 0 Å². The molecule has 0 saturated carbocycles. The molecule has 1 N–H and O–H groups in total. The maximum atomic E-state index is 12.8. The van der Waals surface area contributed by atoms with Crippen molar-refractivity contribution < 1.29 is 27.4 Å². The molecule has 0 radical (unpaired) electrons. The Bertz CT molecular complexity index is 1200. The van der Waals surface area contributed by atoms with Gasteiger partial charge in [-0.1, -0.05) is 6.07 Å². The number of benzene rings is 2. The van der Waals surface area contributed by atoms with Crippen LogP contribution in [-0.2, 0) is 23.9 Å². The van der Waals surface area contributed by atoms with E-state index in [1.165, 1.54) is 12.1 Å². The lowest BCUT2D eigenvalue weighted by Crippen LogP contribution is -2.35. The van der Waals surface area contributed by atoms with Gasteiger partial charge in [0, 0.05) is 37.6 Å². The Balaban J connectivity index is 1.17. The van der Waals surface area contributed by atoms with Crippen molar-refractivity contribution in [1.29, 1.82) is 0 Å². The minimum absolute atomic E-state index is 0.0811. The SMILES string of the molecule is COc1ccc(CCNC(=O)CC2CCN(Cc3ccn(-c4ccc(C(F)(F)F)cc4)c3)CC2)cc1OC. The molecule has 1 saturated heterocycles. The summed E-state index contributed by atoms with van der Waals surface area (Å²) in [4.78, 5) is 14.8. The van der Waals surface area contributed by atoms with E-state index in [1.807, 2.05) is 41.2 Å². The second kappa shape index (κ2) is 12.4. The third-order valence-electron chi connectivity index (χ3n) is 7.02. The van der Waals surface area contributed by atoms with Gasteiger partial charge in [-0.3, -0.25) is 9.69 Å². The van der Waals surface area contributed by atoms with Gasteiger partial charge in [0.05, 0.1) is 19.8 Å². The van der Waals surface area contributed by atoms with E-state index in [1.54, 1.807) is 14.2 Å². The standard InChI is InChI=1S/C29H34F3N3O3/c1-37-26-8-3-21(17-27(26)38-2)9-13-33-28(36)18-22-10-14-34(15-11-22)19-23-12-16-35(20-23)25-6-4-24(5-7-25)29(30,31)32/h3-8,12,16-17,20,22H,9-11,13-15,18-19H2,1-2H3,(H,33,36). The Labute approximate surface area is 221 Å². The molecule has 2 aromatic carbocycles. The molecule has 4 rings (SSSR count). The summed E-state index contributed by atoms with van der Waals surface area (Å²) in [6.45, 7) is 3.17. The average molecular weight is 530 g/mol. The van der Waals surface area contributed by atoms with E-state index in [0.717, 1.165) is 62.2 Å². The molecule has 1 amide bonds. The number of halogens is 3. The summed E-state index contributed by atoms with van der Waals surface area (Å²) < 4.78 is 50.9. The Hall–Kier alpha value is -3.46. The number of nitrogens with one attached hydrogen (secondary N) is 1. The molecule has 0 unspecified atom stereocenters. The zero-order valence-electron chi connectivity index (χ0n) is 21.8. The number of hydrogen-bond donors (Lipinski definition) is 1. The highest BCUT2D eigenvalue weighted by molar-refractivity contribution is 5.76. The third kappa shape index (κ3) is 7.31. The lowest BCUT2D eigenvalue weighted by atomic mass is 9.93. The van der Waals surface area contributed by atoms with Crippen molar-refractivity contribution in [2.75, 3.05) is 33.9 Å². The topological polar surface area (TPSA) is 55.7 Å². The Morgan fingerprint density at radius 1 is 0.974 bits per heavy atom. The van der Waals surface area contributed by atoms with Crippen LogP contribution in [0.2, 0.25) is 0 Å². The highest BCUT2D eigenvalue weighted by Gasteiger charge is 2.30. The Morgan fingerprint density at radius 3 is 2.34 bits per heavy atom. The van der Waals surface area contributed by atoms with E-state index in [4.69, 9.17) is 9.47 Å². The molecule has 3 aromatic rings. The number of hydrogen-bond acceptors (Lipinski definition) is 4. The highest BCUT2D eigenvalue weighted by Crippen LogP contribution is 2.30. The van der Waals surface area contributed by atoms with Crippen molar-refractivity contribution in [3.8, 4) is 17.2 Å². The summed E-state index contributed by atoms with van der Waals surface area (Å²) in [6, 6.07) is 12.9. The number of rotatable bonds is 10. The number of carbonyl (C=O) groups is 1. The summed E-state index contributed by atoms with van der Waals surface area (Å²) >= 11 is 0. The maximum Gasteiger partial charge on any atom is 0.416 e. The summed E-state index contributed by atoms with van der Waals surface area (Å²) in [5.41, 5.74) is 2.22. The van der Waals surface area contributed by atoms with Crippen molar-refractivity contribution in [3.63, 3.8) is 0 Å². The van der Waals surface area contributed by atoms with Gasteiger partial charge in [0.15, 0.2) is 11.5 Å². The second-order valence-corrected chi connectivity index (χ2v) is 9.68. The Kier molecular flexibility index (Phi) is 8.99. The minimum atomic E-state index is -4.33. The number of aromatic nitrogens is 1. The first-order valence-corrected chi connectivity index (χ1v) is 12.8. The molecule has 1 aliphatic heterocycles. The number of alkyl halides is 3. The van der Waals surface area contributed by atoms with E-state index < -0.39 is 11.7 Å². The van der Waals surface area contributed by atoms with Gasteiger partial charge in [-0.25, -0.2) is 0 Å². The molecule has 204 valence electrons. The molecule has 0 spiro atoms. The normalized spacial score (nSPS) is 14.9. The van der Waals surface area contributed by atoms with Gasteiger partial charge < -0.3 is 19.4 Å². The molecule has 0 bridgehead atoms. The number of likely N-dealkylation sites (tertiary alicyclic amines) is 1. The van der Waals surface area contributed by atoms with Gasteiger partial charge >= 0.3 is 6.18 Å². The van der Waals surface area contributed by atoms with Crippen LogP contribution in [0.3, 0.4) is 0 Å². The van der Waals surface area contributed by atoms with Crippen LogP contribution in [0.4, 0.5) is 13.2 Å². The van der Waals surface area contributed by atoms with Crippen LogP contribution in [-0.4, -0.2) is 49.2 Å². The van der Waals surface area contributed by atoms with Crippen LogP contribution >= 0.6 is 0 Å². The van der Waals surface area contributed by atoms with Crippen molar-refractivity contribution in [2.24, 2.45) is 5.92 Å². The molecular formula is C29H34F3N3O3. The molecule has 38 heavy (non-hydrogen) atoms. The van der Waals surface area contributed by atoms with Crippen molar-refractivity contribution in [3.05, 3.63) is 77.6 Å². The molecule has 0 atom stereocenters.